The molecule has 2 rings (SSSR count). The molecule has 0 spiro atoms. The number of aryl methyl sites for hydroxylation is 2. The van der Waals surface area contributed by atoms with Crippen molar-refractivity contribution in [1.29, 1.82) is 0 Å². The molecule has 2 N–H and O–H groups in total. The molecule has 18 heavy (non-hydrogen) atoms. The van der Waals surface area contributed by atoms with E-state index in [0.717, 1.165) is 0 Å². The summed E-state index contributed by atoms with van der Waals surface area (Å²) < 4.78 is 29.6. The van der Waals surface area contributed by atoms with E-state index in [1.165, 1.54) is 23.1 Å². The normalized spacial score (nSPS) is 11.7. The van der Waals surface area contributed by atoms with E-state index in [1.807, 2.05) is 0 Å². The zero-order chi connectivity index (χ0) is 13.3. The fourth-order valence-electron chi connectivity index (χ4n) is 1.57. The van der Waals surface area contributed by atoms with Gasteiger partial charge in [-0.2, -0.15) is 5.10 Å². The summed E-state index contributed by atoms with van der Waals surface area (Å²) in [7, 11) is -0.273. The van der Waals surface area contributed by atoms with Crippen molar-refractivity contribution in [1.82, 2.24) is 14.3 Å². The van der Waals surface area contributed by atoms with E-state index in [-0.39, 0.29) is 11.5 Å². The third-order valence-electron chi connectivity index (χ3n) is 2.51. The van der Waals surface area contributed by atoms with Crippen LogP contribution in [0.25, 0.3) is 0 Å². The first-order chi connectivity index (χ1) is 8.42. The van der Waals surface area contributed by atoms with Crippen molar-refractivity contribution in [2.75, 3.05) is 4.72 Å². The Morgan fingerprint density at radius 2 is 2.11 bits per heavy atom. The number of sulfonamides is 1. The fourth-order valence-corrected chi connectivity index (χ4v) is 2.69. The molecule has 98 valence electrons. The van der Waals surface area contributed by atoms with Gasteiger partial charge in [-0.05, 0) is 6.07 Å². The van der Waals surface area contributed by atoms with Gasteiger partial charge in [0, 0.05) is 32.2 Å². The Kier molecular flexibility index (Phi) is 3.14. The van der Waals surface area contributed by atoms with E-state index in [0.29, 0.717) is 11.4 Å². The standard InChI is InChI=1S/C10H14N4O3S/c1-13-6-10(3-9(13)7-15)18(16,17)12-8-4-11-14(2)5-8/h3-6,12,15H,7H2,1-2H3. The van der Waals surface area contributed by atoms with Gasteiger partial charge in [0.15, 0.2) is 0 Å². The van der Waals surface area contributed by atoms with Gasteiger partial charge < -0.3 is 9.67 Å². The molecule has 0 saturated carbocycles. The van der Waals surface area contributed by atoms with E-state index in [1.54, 1.807) is 24.9 Å². The van der Waals surface area contributed by atoms with Crippen LogP contribution in [0.15, 0.2) is 29.6 Å². The molecule has 0 aliphatic rings. The Balaban J connectivity index is 2.30. The lowest BCUT2D eigenvalue weighted by Gasteiger charge is -2.02. The number of nitrogens with one attached hydrogen (secondary N) is 1. The molecule has 0 unspecified atom stereocenters. The van der Waals surface area contributed by atoms with Crippen LogP contribution in [0.1, 0.15) is 5.69 Å². The molecule has 0 aliphatic carbocycles. The first-order valence-corrected chi connectivity index (χ1v) is 6.68. The van der Waals surface area contributed by atoms with Gasteiger partial charge in [-0.25, -0.2) is 8.42 Å². The van der Waals surface area contributed by atoms with Gasteiger partial charge in [-0.1, -0.05) is 0 Å². The van der Waals surface area contributed by atoms with E-state index >= 15 is 0 Å². The molecule has 0 radical (unpaired) electrons. The van der Waals surface area contributed by atoms with Crippen molar-refractivity contribution in [3.8, 4) is 0 Å². The Labute approximate surface area is 105 Å². The maximum Gasteiger partial charge on any atom is 0.263 e. The lowest BCUT2D eigenvalue weighted by molar-refractivity contribution is 0.272. The van der Waals surface area contributed by atoms with Crippen molar-refractivity contribution in [2.45, 2.75) is 11.5 Å². The van der Waals surface area contributed by atoms with Crippen LogP contribution in [0.4, 0.5) is 5.69 Å². The number of rotatable bonds is 4. The van der Waals surface area contributed by atoms with E-state index in [2.05, 4.69) is 9.82 Å². The minimum Gasteiger partial charge on any atom is -0.390 e. The summed E-state index contributed by atoms with van der Waals surface area (Å²) in [6, 6.07) is 1.43. The van der Waals surface area contributed by atoms with Gasteiger partial charge in [0.1, 0.15) is 4.90 Å². The number of nitrogens with zero attached hydrogens (tertiary/aromatic N) is 3. The van der Waals surface area contributed by atoms with Crippen LogP contribution >= 0.6 is 0 Å². The van der Waals surface area contributed by atoms with E-state index in [4.69, 9.17) is 5.11 Å². The quantitative estimate of drug-likeness (QED) is 0.821. The fraction of sp³-hybridized carbons (Fsp3) is 0.300. The number of hydrogen-bond acceptors (Lipinski definition) is 4. The zero-order valence-electron chi connectivity index (χ0n) is 10.0. The van der Waals surface area contributed by atoms with E-state index in [9.17, 15) is 8.42 Å². The summed E-state index contributed by atoms with van der Waals surface area (Å²) in [5, 5.41) is 12.9. The average molecular weight is 270 g/mol. The highest BCUT2D eigenvalue weighted by Gasteiger charge is 2.18. The molecule has 0 fully saturated rings. The van der Waals surface area contributed by atoms with Gasteiger partial charge >= 0.3 is 0 Å². The predicted octanol–water partition coefficient (Wildman–Crippen LogP) is 0.0517. The van der Waals surface area contributed by atoms with Crippen molar-refractivity contribution >= 4 is 15.7 Å². The first kappa shape index (κ1) is 12.7. The summed E-state index contributed by atoms with van der Waals surface area (Å²) in [5.41, 5.74) is 0.925. The van der Waals surface area contributed by atoms with Crippen LogP contribution in [-0.4, -0.2) is 27.9 Å². The smallest absolute Gasteiger partial charge is 0.263 e. The van der Waals surface area contributed by atoms with Gasteiger partial charge in [-0.15, -0.1) is 0 Å². The average Bonchev–Trinajstić information content (AvgIpc) is 2.84. The Hall–Kier alpha value is -1.80. The summed E-state index contributed by atoms with van der Waals surface area (Å²) in [4.78, 5) is 0.109. The topological polar surface area (TPSA) is 89.1 Å². The van der Waals surface area contributed by atoms with Crippen molar-refractivity contribution in [3.05, 3.63) is 30.4 Å². The Morgan fingerprint density at radius 3 is 2.61 bits per heavy atom. The summed E-state index contributed by atoms with van der Waals surface area (Å²) >= 11 is 0. The predicted molar refractivity (Wildman–Crippen MR) is 65.4 cm³/mol. The van der Waals surface area contributed by atoms with Crippen molar-refractivity contribution in [3.63, 3.8) is 0 Å². The molecule has 8 heteroatoms. The highest BCUT2D eigenvalue weighted by atomic mass is 32.2. The van der Waals surface area contributed by atoms with Gasteiger partial charge in [0.2, 0.25) is 0 Å². The Bertz CT molecular complexity index is 656. The highest BCUT2D eigenvalue weighted by molar-refractivity contribution is 7.92. The number of aliphatic hydroxyl groups excluding tert-OH is 1. The molecular formula is C10H14N4O3S. The number of aromatic nitrogens is 3. The highest BCUT2D eigenvalue weighted by Crippen LogP contribution is 2.17. The SMILES string of the molecule is Cn1cc(NS(=O)(=O)c2cc(CO)n(C)c2)cn1. The molecule has 0 aliphatic heterocycles. The van der Waals surface area contributed by atoms with Crippen LogP contribution in [0.3, 0.4) is 0 Å². The van der Waals surface area contributed by atoms with Crippen molar-refractivity contribution < 1.29 is 13.5 Å². The second kappa shape index (κ2) is 4.46. The maximum absolute atomic E-state index is 12.0. The Morgan fingerprint density at radius 1 is 1.39 bits per heavy atom. The molecule has 0 saturated heterocycles. The lowest BCUT2D eigenvalue weighted by Crippen LogP contribution is -2.11. The third kappa shape index (κ3) is 2.39. The molecule has 7 nitrogen and oxygen atoms in total. The van der Waals surface area contributed by atoms with Crippen LogP contribution in [0.2, 0.25) is 0 Å². The van der Waals surface area contributed by atoms with Gasteiger partial charge in [0.25, 0.3) is 10.0 Å². The molecular weight excluding hydrogens is 256 g/mol. The minimum absolute atomic E-state index is 0.109. The van der Waals surface area contributed by atoms with Crippen LogP contribution in [-0.2, 0) is 30.7 Å². The van der Waals surface area contributed by atoms with Crippen LogP contribution < -0.4 is 4.72 Å². The summed E-state index contributed by atoms with van der Waals surface area (Å²) in [6.45, 7) is -0.209. The summed E-state index contributed by atoms with van der Waals surface area (Å²) in [5.74, 6) is 0. The third-order valence-corrected chi connectivity index (χ3v) is 3.86. The van der Waals surface area contributed by atoms with Crippen LogP contribution in [0.5, 0.6) is 0 Å². The molecule has 0 atom stereocenters. The van der Waals surface area contributed by atoms with E-state index < -0.39 is 10.0 Å². The van der Waals surface area contributed by atoms with Crippen molar-refractivity contribution in [2.24, 2.45) is 14.1 Å². The lowest BCUT2D eigenvalue weighted by atomic mass is 10.5. The maximum atomic E-state index is 12.0. The monoisotopic (exact) mass is 270 g/mol. The molecule has 2 aromatic heterocycles. The first-order valence-electron chi connectivity index (χ1n) is 5.20. The number of anilines is 1. The molecule has 0 aromatic carbocycles. The molecule has 2 aromatic rings. The molecule has 0 amide bonds. The second-order valence-corrected chi connectivity index (χ2v) is 5.63. The van der Waals surface area contributed by atoms with Gasteiger partial charge in [0.05, 0.1) is 18.5 Å². The number of aliphatic hydroxyl groups is 1. The summed E-state index contributed by atoms with van der Waals surface area (Å²) in [6.07, 6.45) is 4.44. The molecule has 2 heterocycles. The molecule has 0 bridgehead atoms. The minimum atomic E-state index is -3.65. The van der Waals surface area contributed by atoms with Crippen LogP contribution in [0, 0.1) is 0 Å². The largest absolute Gasteiger partial charge is 0.390 e. The zero-order valence-corrected chi connectivity index (χ0v) is 10.8. The second-order valence-electron chi connectivity index (χ2n) is 3.94. The van der Waals surface area contributed by atoms with Gasteiger partial charge in [-0.3, -0.25) is 9.40 Å². The number of hydrogen-bond donors (Lipinski definition) is 2.